The zero-order valence-electron chi connectivity index (χ0n) is 23.9. The molecule has 2 aromatic heterocycles. The van der Waals surface area contributed by atoms with Gasteiger partial charge in [-0.1, -0.05) is 26.8 Å². The highest BCUT2D eigenvalue weighted by Gasteiger charge is 2.23. The number of likely N-dealkylation sites (N-methyl/N-ethyl adjacent to an activating group) is 1. The maximum Gasteiger partial charge on any atom is 0.234 e. The summed E-state index contributed by atoms with van der Waals surface area (Å²) in [7, 11) is 2.19. The predicted octanol–water partition coefficient (Wildman–Crippen LogP) is 3.30. The molecule has 3 aromatic rings. The Bertz CT molecular complexity index is 1290. The van der Waals surface area contributed by atoms with Gasteiger partial charge in [-0.2, -0.15) is 5.26 Å². The SMILES string of the molecule is CN1CCN(CCOc2cccc(N3CCN(Cc4cc5cnc(C#N)nc5n4CC(C)(C)C)CC3)c2)CC1. The molecule has 0 aliphatic carbocycles. The van der Waals surface area contributed by atoms with Crippen molar-refractivity contribution in [3.05, 3.63) is 48.0 Å². The minimum absolute atomic E-state index is 0.0920. The third-order valence-corrected chi connectivity index (χ3v) is 7.67. The van der Waals surface area contributed by atoms with Crippen molar-refractivity contribution in [2.45, 2.75) is 33.9 Å². The van der Waals surface area contributed by atoms with Crippen molar-refractivity contribution in [1.29, 1.82) is 5.26 Å². The normalized spacial score (nSPS) is 18.0. The first-order chi connectivity index (χ1) is 18.8. The van der Waals surface area contributed by atoms with Crippen molar-refractivity contribution >= 4 is 16.7 Å². The van der Waals surface area contributed by atoms with Crippen molar-refractivity contribution in [2.24, 2.45) is 5.41 Å². The highest BCUT2D eigenvalue weighted by molar-refractivity contribution is 5.77. The Morgan fingerprint density at radius 3 is 2.44 bits per heavy atom. The molecule has 0 spiro atoms. The molecule has 0 saturated carbocycles. The number of ether oxygens (including phenoxy) is 1. The van der Waals surface area contributed by atoms with Crippen LogP contribution in [0, 0.1) is 16.7 Å². The van der Waals surface area contributed by atoms with Crippen molar-refractivity contribution < 1.29 is 4.74 Å². The summed E-state index contributed by atoms with van der Waals surface area (Å²) in [5, 5.41) is 10.3. The fraction of sp³-hybridized carbons (Fsp3) is 0.567. The fourth-order valence-corrected chi connectivity index (χ4v) is 5.46. The van der Waals surface area contributed by atoms with Gasteiger partial charge in [0, 0.05) is 101 Å². The number of nitriles is 1. The van der Waals surface area contributed by atoms with Crippen LogP contribution in [-0.4, -0.2) is 102 Å². The van der Waals surface area contributed by atoms with E-state index >= 15 is 0 Å². The summed E-state index contributed by atoms with van der Waals surface area (Å²) in [6.45, 7) is 18.5. The summed E-state index contributed by atoms with van der Waals surface area (Å²) in [5.41, 5.74) is 3.41. The van der Waals surface area contributed by atoms with Crippen molar-refractivity contribution in [2.75, 3.05) is 77.5 Å². The fourth-order valence-electron chi connectivity index (χ4n) is 5.46. The highest BCUT2D eigenvalue weighted by atomic mass is 16.5. The van der Waals surface area contributed by atoms with Gasteiger partial charge in [0.25, 0.3) is 0 Å². The van der Waals surface area contributed by atoms with Crippen LogP contribution in [0.1, 0.15) is 32.3 Å². The summed E-state index contributed by atoms with van der Waals surface area (Å²) in [6.07, 6.45) is 1.78. The van der Waals surface area contributed by atoms with Crippen LogP contribution in [0.15, 0.2) is 36.5 Å². The largest absolute Gasteiger partial charge is 0.492 e. The number of hydrogen-bond acceptors (Lipinski definition) is 8. The maximum absolute atomic E-state index is 9.32. The number of aromatic nitrogens is 3. The molecule has 0 amide bonds. The minimum atomic E-state index is 0.0920. The second-order valence-electron chi connectivity index (χ2n) is 12.1. The first-order valence-electron chi connectivity index (χ1n) is 14.1. The van der Waals surface area contributed by atoms with Crippen LogP contribution in [0.25, 0.3) is 11.0 Å². The van der Waals surface area contributed by atoms with E-state index < -0.39 is 0 Å². The van der Waals surface area contributed by atoms with Gasteiger partial charge in [-0.25, -0.2) is 9.97 Å². The van der Waals surface area contributed by atoms with E-state index in [0.29, 0.717) is 0 Å². The number of nitrogens with zero attached hydrogens (tertiary/aromatic N) is 8. The Morgan fingerprint density at radius 2 is 1.72 bits per heavy atom. The van der Waals surface area contributed by atoms with Gasteiger partial charge in [-0.15, -0.1) is 0 Å². The van der Waals surface area contributed by atoms with Gasteiger partial charge < -0.3 is 19.1 Å². The molecule has 2 fully saturated rings. The van der Waals surface area contributed by atoms with Crippen molar-refractivity contribution in [3.8, 4) is 11.8 Å². The molecule has 2 aliphatic heterocycles. The Morgan fingerprint density at radius 1 is 0.974 bits per heavy atom. The Kier molecular flexibility index (Phi) is 8.36. The van der Waals surface area contributed by atoms with Crippen LogP contribution in [0.3, 0.4) is 0 Å². The third kappa shape index (κ3) is 7.07. The molecule has 39 heavy (non-hydrogen) atoms. The molecule has 0 N–H and O–H groups in total. The summed E-state index contributed by atoms with van der Waals surface area (Å²) in [4.78, 5) is 18.6. The lowest BCUT2D eigenvalue weighted by Crippen LogP contribution is -2.46. The van der Waals surface area contributed by atoms with Gasteiger partial charge >= 0.3 is 0 Å². The average molecular weight is 531 g/mol. The first kappa shape index (κ1) is 27.4. The topological polar surface area (TPSA) is 76.7 Å². The molecule has 9 nitrogen and oxygen atoms in total. The lowest BCUT2D eigenvalue weighted by molar-refractivity contribution is 0.134. The molecule has 208 valence electrons. The van der Waals surface area contributed by atoms with E-state index in [1.54, 1.807) is 6.20 Å². The van der Waals surface area contributed by atoms with E-state index in [1.165, 1.54) is 11.4 Å². The van der Waals surface area contributed by atoms with Crippen molar-refractivity contribution in [3.63, 3.8) is 0 Å². The molecule has 1 aromatic carbocycles. The second kappa shape index (κ2) is 11.9. The molecule has 0 bridgehead atoms. The number of fused-ring (bicyclic) bond motifs is 1. The molecular weight excluding hydrogens is 488 g/mol. The maximum atomic E-state index is 9.32. The Balaban J connectivity index is 1.18. The molecule has 9 heteroatoms. The van der Waals surface area contributed by atoms with Crippen LogP contribution in [0.5, 0.6) is 5.75 Å². The molecular formula is C30H42N8O. The number of piperazine rings is 2. The Labute approximate surface area is 232 Å². The standard InChI is InChI=1S/C30H42N8O/c1-30(2,3)23-38-26(18-24-21-32-28(20-31)33-29(24)38)22-36-12-14-37(15-13-36)25-6-5-7-27(19-25)39-17-16-35-10-8-34(4)9-11-35/h5-7,18-19,21H,8-17,22-23H2,1-4H3. The van der Waals surface area contributed by atoms with Crippen LogP contribution in [-0.2, 0) is 13.1 Å². The molecule has 4 heterocycles. The molecule has 2 saturated heterocycles. The van der Waals surface area contributed by atoms with Crippen LogP contribution in [0.2, 0.25) is 0 Å². The zero-order valence-corrected chi connectivity index (χ0v) is 23.9. The van der Waals surface area contributed by atoms with Crippen molar-refractivity contribution in [1.82, 2.24) is 29.2 Å². The van der Waals surface area contributed by atoms with Gasteiger partial charge in [-0.3, -0.25) is 9.80 Å². The van der Waals surface area contributed by atoms with Gasteiger partial charge in [0.15, 0.2) is 0 Å². The van der Waals surface area contributed by atoms with E-state index in [0.717, 1.165) is 95.4 Å². The Hall–Kier alpha value is -3.19. The summed E-state index contributed by atoms with van der Waals surface area (Å²) in [5.74, 6) is 1.18. The van der Waals surface area contributed by atoms with Gasteiger partial charge in [0.1, 0.15) is 24.1 Å². The first-order valence-corrected chi connectivity index (χ1v) is 14.1. The average Bonchev–Trinajstić information content (AvgIpc) is 3.25. The van der Waals surface area contributed by atoms with E-state index in [-0.39, 0.29) is 11.2 Å². The monoisotopic (exact) mass is 530 g/mol. The van der Waals surface area contributed by atoms with E-state index in [1.807, 2.05) is 0 Å². The number of rotatable bonds is 8. The summed E-state index contributed by atoms with van der Waals surface area (Å²) in [6, 6.07) is 12.8. The van der Waals surface area contributed by atoms with Crippen LogP contribution >= 0.6 is 0 Å². The number of anilines is 1. The van der Waals surface area contributed by atoms with E-state index in [4.69, 9.17) is 4.74 Å². The second-order valence-corrected chi connectivity index (χ2v) is 12.1. The lowest BCUT2D eigenvalue weighted by atomic mass is 9.97. The number of benzene rings is 1. The third-order valence-electron chi connectivity index (χ3n) is 7.67. The highest BCUT2D eigenvalue weighted by Crippen LogP contribution is 2.27. The predicted molar refractivity (Wildman–Crippen MR) is 155 cm³/mol. The zero-order chi connectivity index (χ0) is 27.4. The van der Waals surface area contributed by atoms with Gasteiger partial charge in [-0.05, 0) is 30.7 Å². The molecule has 5 rings (SSSR count). The minimum Gasteiger partial charge on any atom is -0.492 e. The van der Waals surface area contributed by atoms with Gasteiger partial charge in [0.2, 0.25) is 5.82 Å². The quantitative estimate of drug-likeness (QED) is 0.439. The van der Waals surface area contributed by atoms with E-state index in [9.17, 15) is 5.26 Å². The summed E-state index contributed by atoms with van der Waals surface area (Å²) < 4.78 is 8.42. The van der Waals surface area contributed by atoms with Crippen LogP contribution in [0.4, 0.5) is 5.69 Å². The lowest BCUT2D eigenvalue weighted by Gasteiger charge is -2.36. The smallest absolute Gasteiger partial charge is 0.234 e. The summed E-state index contributed by atoms with van der Waals surface area (Å²) >= 11 is 0. The molecule has 2 aliphatic rings. The number of hydrogen-bond donors (Lipinski definition) is 0. The molecule has 0 radical (unpaired) electrons. The van der Waals surface area contributed by atoms with Crippen LogP contribution < -0.4 is 9.64 Å². The van der Waals surface area contributed by atoms with E-state index in [2.05, 4.69) is 98.4 Å². The van der Waals surface area contributed by atoms with Gasteiger partial charge in [0.05, 0.1) is 0 Å². The molecule has 0 unspecified atom stereocenters. The molecule has 0 atom stereocenters.